The average Bonchev–Trinajstić information content (AvgIpc) is 2.67. The van der Waals surface area contributed by atoms with Crippen LogP contribution < -0.4 is 0 Å². The lowest BCUT2D eigenvalue weighted by Gasteiger charge is -2.09. The molecule has 0 bridgehead atoms. The summed E-state index contributed by atoms with van der Waals surface area (Å²) in [4.78, 5) is 15.0. The van der Waals surface area contributed by atoms with Gasteiger partial charge in [0.05, 0.1) is 17.1 Å². The Morgan fingerprint density at radius 3 is 2.84 bits per heavy atom. The first-order valence-electron chi connectivity index (χ1n) is 5.33. The second-order valence-corrected chi connectivity index (χ2v) is 6.53. The number of benzene rings is 1. The minimum absolute atomic E-state index is 0.00933. The molecule has 0 saturated carbocycles. The summed E-state index contributed by atoms with van der Waals surface area (Å²) in [5, 5.41) is 9.43. The molecule has 1 aromatic heterocycles. The Bertz CT molecular complexity index is 628. The largest absolute Gasteiger partial charge is 0.481 e. The van der Waals surface area contributed by atoms with Gasteiger partial charge in [0.15, 0.2) is 5.16 Å². The Morgan fingerprint density at radius 1 is 1.47 bits per heavy atom. The van der Waals surface area contributed by atoms with Crippen molar-refractivity contribution in [3.63, 3.8) is 0 Å². The van der Waals surface area contributed by atoms with Crippen molar-refractivity contribution in [2.75, 3.05) is 5.75 Å². The van der Waals surface area contributed by atoms with E-state index in [4.69, 9.17) is 5.11 Å². The lowest BCUT2D eigenvalue weighted by molar-refractivity contribution is -0.133. The standard InChI is InChI=1S/C12H10Br2N2O2S/c1-7-5-16(12(15-7)19-6-11(17)18)10-3-2-8(13)4-9(10)14/h2-5H,6H2,1H3,(H,17,18). The van der Waals surface area contributed by atoms with Crippen molar-refractivity contribution in [1.82, 2.24) is 9.55 Å². The molecule has 0 radical (unpaired) electrons. The number of carbonyl (C=O) groups is 1. The van der Waals surface area contributed by atoms with Crippen molar-refractivity contribution in [3.05, 3.63) is 39.0 Å². The van der Waals surface area contributed by atoms with Crippen LogP contribution >= 0.6 is 43.6 Å². The van der Waals surface area contributed by atoms with E-state index in [0.717, 1.165) is 20.3 Å². The molecule has 1 N–H and O–H groups in total. The number of thioether (sulfide) groups is 1. The van der Waals surface area contributed by atoms with Crippen LogP contribution in [0.2, 0.25) is 0 Å². The van der Waals surface area contributed by atoms with E-state index >= 15 is 0 Å². The Kier molecular flexibility index (Phi) is 4.70. The Morgan fingerprint density at radius 2 is 2.21 bits per heavy atom. The molecule has 0 fully saturated rings. The third-order valence-electron chi connectivity index (χ3n) is 2.29. The first kappa shape index (κ1) is 14.6. The number of carboxylic acids is 1. The van der Waals surface area contributed by atoms with Gasteiger partial charge in [-0.05, 0) is 41.1 Å². The molecule has 19 heavy (non-hydrogen) atoms. The first-order chi connectivity index (χ1) is 8.97. The number of rotatable bonds is 4. The highest BCUT2D eigenvalue weighted by Gasteiger charge is 2.12. The van der Waals surface area contributed by atoms with Crippen LogP contribution in [0.3, 0.4) is 0 Å². The molecule has 0 amide bonds. The van der Waals surface area contributed by atoms with E-state index < -0.39 is 5.97 Å². The van der Waals surface area contributed by atoms with Gasteiger partial charge < -0.3 is 5.11 Å². The highest BCUT2D eigenvalue weighted by molar-refractivity contribution is 9.11. The zero-order chi connectivity index (χ0) is 14.0. The van der Waals surface area contributed by atoms with Crippen molar-refractivity contribution in [3.8, 4) is 5.69 Å². The smallest absolute Gasteiger partial charge is 0.313 e. The number of nitrogens with zero attached hydrogens (tertiary/aromatic N) is 2. The Labute approximate surface area is 131 Å². The molecule has 0 aliphatic carbocycles. The van der Waals surface area contributed by atoms with Crippen LogP contribution in [0.4, 0.5) is 0 Å². The minimum atomic E-state index is -0.855. The molecule has 4 nitrogen and oxygen atoms in total. The van der Waals surface area contributed by atoms with Gasteiger partial charge in [-0.2, -0.15) is 0 Å². The van der Waals surface area contributed by atoms with E-state index in [1.807, 2.05) is 35.9 Å². The summed E-state index contributed by atoms with van der Waals surface area (Å²) in [7, 11) is 0. The van der Waals surface area contributed by atoms with Gasteiger partial charge >= 0.3 is 5.97 Å². The molecular formula is C12H10Br2N2O2S. The van der Waals surface area contributed by atoms with Gasteiger partial charge in [-0.25, -0.2) is 4.98 Å². The molecule has 0 unspecified atom stereocenters. The molecular weight excluding hydrogens is 396 g/mol. The van der Waals surface area contributed by atoms with E-state index in [1.165, 1.54) is 11.8 Å². The van der Waals surface area contributed by atoms with Crippen molar-refractivity contribution in [2.24, 2.45) is 0 Å². The lowest BCUT2D eigenvalue weighted by Crippen LogP contribution is -2.01. The predicted octanol–water partition coefficient (Wildman–Crippen LogP) is 3.88. The Hall–Kier alpha value is -0.790. The van der Waals surface area contributed by atoms with E-state index in [2.05, 4.69) is 36.8 Å². The fourth-order valence-corrected chi connectivity index (χ4v) is 3.54. The molecule has 1 aromatic carbocycles. The van der Waals surface area contributed by atoms with Crippen molar-refractivity contribution in [2.45, 2.75) is 12.1 Å². The molecule has 1 heterocycles. The van der Waals surface area contributed by atoms with Gasteiger partial charge in [-0.1, -0.05) is 27.7 Å². The molecule has 0 aliphatic rings. The minimum Gasteiger partial charge on any atom is -0.481 e. The SMILES string of the molecule is Cc1cn(-c2ccc(Br)cc2Br)c(SCC(=O)O)n1. The van der Waals surface area contributed by atoms with E-state index in [0.29, 0.717) is 5.16 Å². The first-order valence-corrected chi connectivity index (χ1v) is 7.90. The fourth-order valence-electron chi connectivity index (χ4n) is 1.55. The zero-order valence-electron chi connectivity index (χ0n) is 9.93. The summed E-state index contributed by atoms with van der Waals surface area (Å²) in [5.74, 6) is -0.864. The highest BCUT2D eigenvalue weighted by Crippen LogP contribution is 2.29. The number of aliphatic carboxylic acids is 1. The van der Waals surface area contributed by atoms with Crippen LogP contribution in [0.5, 0.6) is 0 Å². The van der Waals surface area contributed by atoms with Crippen LogP contribution in [0, 0.1) is 6.92 Å². The summed E-state index contributed by atoms with van der Waals surface area (Å²) < 4.78 is 3.77. The van der Waals surface area contributed by atoms with Crippen LogP contribution in [0.1, 0.15) is 5.69 Å². The summed E-state index contributed by atoms with van der Waals surface area (Å²) in [6.07, 6.45) is 1.89. The van der Waals surface area contributed by atoms with Gasteiger partial charge in [-0.3, -0.25) is 9.36 Å². The predicted molar refractivity (Wildman–Crippen MR) is 82.1 cm³/mol. The molecule has 7 heteroatoms. The van der Waals surface area contributed by atoms with Gasteiger partial charge in [0.1, 0.15) is 0 Å². The molecule has 100 valence electrons. The second-order valence-electron chi connectivity index (χ2n) is 3.81. The summed E-state index contributed by atoms with van der Waals surface area (Å²) >= 11 is 8.11. The van der Waals surface area contributed by atoms with Crippen molar-refractivity contribution >= 4 is 49.6 Å². The normalized spacial score (nSPS) is 10.7. The number of carboxylic acid groups (broad SMARTS) is 1. The molecule has 0 spiro atoms. The van der Waals surface area contributed by atoms with Gasteiger partial charge in [0.25, 0.3) is 0 Å². The molecule has 2 aromatic rings. The van der Waals surface area contributed by atoms with E-state index in [9.17, 15) is 4.79 Å². The number of hydrogen-bond donors (Lipinski definition) is 1. The summed E-state index contributed by atoms with van der Waals surface area (Å²) in [5.41, 5.74) is 1.78. The number of imidazole rings is 1. The maximum atomic E-state index is 10.7. The van der Waals surface area contributed by atoms with Gasteiger partial charge in [0, 0.05) is 15.1 Å². The van der Waals surface area contributed by atoms with Crippen molar-refractivity contribution in [1.29, 1.82) is 0 Å². The fraction of sp³-hybridized carbons (Fsp3) is 0.167. The Balaban J connectivity index is 2.40. The third kappa shape index (κ3) is 3.61. The number of aryl methyl sites for hydroxylation is 1. The third-order valence-corrected chi connectivity index (χ3v) is 4.35. The number of halogens is 2. The molecule has 0 aliphatic heterocycles. The lowest BCUT2D eigenvalue weighted by atomic mass is 10.3. The van der Waals surface area contributed by atoms with Crippen LogP contribution in [0.15, 0.2) is 38.5 Å². The van der Waals surface area contributed by atoms with Gasteiger partial charge in [-0.15, -0.1) is 0 Å². The molecule has 2 rings (SSSR count). The topological polar surface area (TPSA) is 55.1 Å². The average molecular weight is 406 g/mol. The van der Waals surface area contributed by atoms with Gasteiger partial charge in [0.2, 0.25) is 0 Å². The van der Waals surface area contributed by atoms with E-state index in [1.54, 1.807) is 0 Å². The van der Waals surface area contributed by atoms with Crippen LogP contribution in [-0.2, 0) is 4.79 Å². The maximum Gasteiger partial charge on any atom is 0.313 e. The summed E-state index contributed by atoms with van der Waals surface area (Å²) in [6.45, 7) is 1.88. The van der Waals surface area contributed by atoms with E-state index in [-0.39, 0.29) is 5.75 Å². The number of hydrogen-bond acceptors (Lipinski definition) is 3. The van der Waals surface area contributed by atoms with Crippen LogP contribution in [-0.4, -0.2) is 26.4 Å². The maximum absolute atomic E-state index is 10.7. The quantitative estimate of drug-likeness (QED) is 0.784. The second kappa shape index (κ2) is 6.11. The summed E-state index contributed by atoms with van der Waals surface area (Å²) in [6, 6.07) is 5.82. The van der Waals surface area contributed by atoms with Crippen molar-refractivity contribution < 1.29 is 9.90 Å². The molecule has 0 saturated heterocycles. The number of aromatic nitrogens is 2. The molecule has 0 atom stereocenters. The zero-order valence-corrected chi connectivity index (χ0v) is 13.9. The monoisotopic (exact) mass is 404 g/mol. The van der Waals surface area contributed by atoms with Crippen LogP contribution in [0.25, 0.3) is 5.69 Å². The highest BCUT2D eigenvalue weighted by atomic mass is 79.9.